The Bertz CT molecular complexity index is 881. The summed E-state index contributed by atoms with van der Waals surface area (Å²) in [6.45, 7) is 6.34. The Morgan fingerprint density at radius 3 is 2.30 bits per heavy atom. The molecule has 0 amide bonds. The number of hydrogen-bond acceptors (Lipinski definition) is 3. The molecule has 0 aliphatic carbocycles. The highest BCUT2D eigenvalue weighted by Gasteiger charge is 2.19. The van der Waals surface area contributed by atoms with E-state index in [0.29, 0.717) is 0 Å². The van der Waals surface area contributed by atoms with Crippen molar-refractivity contribution < 1.29 is 4.92 Å². The first-order valence-electron chi connectivity index (χ1n) is 7.51. The first-order chi connectivity index (χ1) is 10.9. The Hall–Kier alpha value is -2.75. The highest BCUT2D eigenvalue weighted by Crippen LogP contribution is 2.34. The number of non-ortho nitro benzene ring substituents is 1. The molecule has 3 rings (SSSR count). The van der Waals surface area contributed by atoms with E-state index < -0.39 is 0 Å². The van der Waals surface area contributed by atoms with Gasteiger partial charge >= 0.3 is 0 Å². The van der Waals surface area contributed by atoms with Gasteiger partial charge in [0.15, 0.2) is 0 Å². The molecule has 3 aromatic rings. The maximum Gasteiger partial charge on any atom is 0.270 e. The number of nitro benzene ring substituents is 1. The number of fused-ring (bicyclic) bond motifs is 1. The molecule has 1 heterocycles. The second-order valence-corrected chi connectivity index (χ2v) is 6.63. The number of hydrogen-bond donors (Lipinski definition) is 0. The molecule has 4 nitrogen and oxygen atoms in total. The lowest BCUT2D eigenvalue weighted by Gasteiger charge is -2.20. The van der Waals surface area contributed by atoms with Gasteiger partial charge < -0.3 is 0 Å². The van der Waals surface area contributed by atoms with Gasteiger partial charge in [0.1, 0.15) is 0 Å². The smallest absolute Gasteiger partial charge is 0.258 e. The standard InChI is InChI=1S/C19H18N2O2/c1-19(2,3)18-12-15(13-7-5-4-6-8-13)16-11-14(21(22)23)9-10-17(16)20-18/h4-12H,1-3H3. The van der Waals surface area contributed by atoms with Gasteiger partial charge in [-0.05, 0) is 23.3 Å². The number of aromatic nitrogens is 1. The minimum absolute atomic E-state index is 0.0833. The summed E-state index contributed by atoms with van der Waals surface area (Å²) in [5, 5.41) is 11.9. The second-order valence-electron chi connectivity index (χ2n) is 6.63. The maximum atomic E-state index is 11.1. The van der Waals surface area contributed by atoms with Crippen LogP contribution in [0.5, 0.6) is 0 Å². The van der Waals surface area contributed by atoms with E-state index >= 15 is 0 Å². The topological polar surface area (TPSA) is 56.0 Å². The minimum atomic E-state index is -0.369. The monoisotopic (exact) mass is 306 g/mol. The van der Waals surface area contributed by atoms with E-state index in [1.165, 1.54) is 6.07 Å². The Labute approximate surface area is 135 Å². The Balaban J connectivity index is 2.36. The van der Waals surface area contributed by atoms with E-state index in [4.69, 9.17) is 4.98 Å². The number of pyridine rings is 1. The zero-order chi connectivity index (χ0) is 16.6. The lowest BCUT2D eigenvalue weighted by Crippen LogP contribution is -2.13. The van der Waals surface area contributed by atoms with Crippen LogP contribution in [0.2, 0.25) is 0 Å². The molecule has 0 radical (unpaired) electrons. The summed E-state index contributed by atoms with van der Waals surface area (Å²) >= 11 is 0. The van der Waals surface area contributed by atoms with Crippen LogP contribution < -0.4 is 0 Å². The van der Waals surface area contributed by atoms with Crippen molar-refractivity contribution in [3.8, 4) is 11.1 Å². The minimum Gasteiger partial charge on any atom is -0.258 e. The number of benzene rings is 2. The largest absolute Gasteiger partial charge is 0.270 e. The molecule has 4 heteroatoms. The fourth-order valence-electron chi connectivity index (χ4n) is 2.57. The lowest BCUT2D eigenvalue weighted by molar-refractivity contribution is -0.384. The zero-order valence-electron chi connectivity index (χ0n) is 13.4. The third-order valence-corrected chi connectivity index (χ3v) is 3.86. The van der Waals surface area contributed by atoms with Crippen molar-refractivity contribution in [2.45, 2.75) is 26.2 Å². The van der Waals surface area contributed by atoms with Crippen LogP contribution >= 0.6 is 0 Å². The normalized spacial score (nSPS) is 11.6. The summed E-state index contributed by atoms with van der Waals surface area (Å²) in [7, 11) is 0. The van der Waals surface area contributed by atoms with Gasteiger partial charge in [-0.15, -0.1) is 0 Å². The summed E-state index contributed by atoms with van der Waals surface area (Å²) < 4.78 is 0. The molecule has 0 atom stereocenters. The molecule has 0 unspecified atom stereocenters. The van der Waals surface area contributed by atoms with Crippen molar-refractivity contribution in [1.82, 2.24) is 4.98 Å². The van der Waals surface area contributed by atoms with Crippen LogP contribution in [0.1, 0.15) is 26.5 Å². The van der Waals surface area contributed by atoms with Gasteiger partial charge in [0, 0.05) is 28.6 Å². The molecule has 1 aromatic heterocycles. The van der Waals surface area contributed by atoms with Crippen LogP contribution in [0.4, 0.5) is 5.69 Å². The van der Waals surface area contributed by atoms with Crippen LogP contribution in [-0.4, -0.2) is 9.91 Å². The second kappa shape index (κ2) is 5.47. The van der Waals surface area contributed by atoms with Crippen molar-refractivity contribution in [1.29, 1.82) is 0 Å². The quantitative estimate of drug-likeness (QED) is 0.488. The third-order valence-electron chi connectivity index (χ3n) is 3.86. The molecule has 0 bridgehead atoms. The Kier molecular flexibility index (Phi) is 3.60. The van der Waals surface area contributed by atoms with Crippen LogP contribution in [0.3, 0.4) is 0 Å². The van der Waals surface area contributed by atoms with Gasteiger partial charge in [-0.25, -0.2) is 0 Å². The van der Waals surface area contributed by atoms with Gasteiger partial charge in [0.2, 0.25) is 0 Å². The van der Waals surface area contributed by atoms with Crippen LogP contribution in [0.25, 0.3) is 22.0 Å². The lowest BCUT2D eigenvalue weighted by atomic mass is 9.88. The zero-order valence-corrected chi connectivity index (χ0v) is 13.4. The van der Waals surface area contributed by atoms with E-state index in [0.717, 1.165) is 27.7 Å². The van der Waals surface area contributed by atoms with Crippen molar-refractivity contribution in [3.05, 3.63) is 70.4 Å². The molecule has 0 aliphatic rings. The number of nitrogens with zero attached hydrogens (tertiary/aromatic N) is 2. The van der Waals surface area contributed by atoms with Gasteiger partial charge in [-0.2, -0.15) is 0 Å². The molecule has 0 spiro atoms. The van der Waals surface area contributed by atoms with Crippen molar-refractivity contribution in [3.63, 3.8) is 0 Å². The number of nitro groups is 1. The molecular formula is C19H18N2O2. The predicted molar refractivity (Wildman–Crippen MR) is 92.5 cm³/mol. The Morgan fingerprint density at radius 2 is 1.70 bits per heavy atom. The molecule has 0 fully saturated rings. The fourth-order valence-corrected chi connectivity index (χ4v) is 2.57. The van der Waals surface area contributed by atoms with E-state index in [2.05, 4.69) is 20.8 Å². The molecule has 0 N–H and O–H groups in total. The van der Waals surface area contributed by atoms with Gasteiger partial charge in [0.25, 0.3) is 5.69 Å². The molecule has 23 heavy (non-hydrogen) atoms. The third kappa shape index (κ3) is 2.93. The van der Waals surface area contributed by atoms with Crippen molar-refractivity contribution in [2.75, 3.05) is 0 Å². The van der Waals surface area contributed by atoms with Crippen molar-refractivity contribution in [2.24, 2.45) is 0 Å². The summed E-state index contributed by atoms with van der Waals surface area (Å²) in [5.74, 6) is 0. The van der Waals surface area contributed by atoms with Gasteiger partial charge in [-0.3, -0.25) is 15.1 Å². The van der Waals surface area contributed by atoms with Gasteiger partial charge in [-0.1, -0.05) is 51.1 Å². The summed E-state index contributed by atoms with van der Waals surface area (Å²) in [5.41, 5.74) is 3.74. The fraction of sp³-hybridized carbons (Fsp3) is 0.211. The summed E-state index contributed by atoms with van der Waals surface area (Å²) in [6, 6.07) is 16.8. The molecule has 0 aliphatic heterocycles. The maximum absolute atomic E-state index is 11.1. The average Bonchev–Trinajstić information content (AvgIpc) is 2.53. The van der Waals surface area contributed by atoms with E-state index in [1.54, 1.807) is 12.1 Å². The highest BCUT2D eigenvalue weighted by molar-refractivity contribution is 5.96. The van der Waals surface area contributed by atoms with Gasteiger partial charge in [0.05, 0.1) is 10.4 Å². The molecule has 0 saturated heterocycles. The highest BCUT2D eigenvalue weighted by atomic mass is 16.6. The van der Waals surface area contributed by atoms with E-state index in [-0.39, 0.29) is 16.0 Å². The first kappa shape index (κ1) is 15.2. The summed E-state index contributed by atoms with van der Waals surface area (Å²) in [4.78, 5) is 15.4. The molecule has 2 aromatic carbocycles. The average molecular weight is 306 g/mol. The first-order valence-corrected chi connectivity index (χ1v) is 7.51. The van der Waals surface area contributed by atoms with Crippen LogP contribution in [0.15, 0.2) is 54.6 Å². The molecular weight excluding hydrogens is 288 g/mol. The molecule has 116 valence electrons. The number of rotatable bonds is 2. The van der Waals surface area contributed by atoms with Crippen LogP contribution in [-0.2, 0) is 5.41 Å². The summed E-state index contributed by atoms with van der Waals surface area (Å²) in [6.07, 6.45) is 0. The predicted octanol–water partition coefficient (Wildman–Crippen LogP) is 5.11. The molecule has 0 saturated carbocycles. The van der Waals surface area contributed by atoms with E-state index in [1.807, 2.05) is 36.4 Å². The SMILES string of the molecule is CC(C)(C)c1cc(-c2ccccc2)c2cc([N+](=O)[O-])ccc2n1. The van der Waals surface area contributed by atoms with E-state index in [9.17, 15) is 10.1 Å². The van der Waals surface area contributed by atoms with Crippen molar-refractivity contribution >= 4 is 16.6 Å². The van der Waals surface area contributed by atoms with Crippen LogP contribution in [0, 0.1) is 10.1 Å². The Morgan fingerprint density at radius 1 is 1.00 bits per heavy atom.